The molecule has 0 radical (unpaired) electrons. The number of β-amino-alcohol motifs (C(OH)–C–C–N with tert-alkyl or cyclic N) is 1. The average molecular weight is 189 g/mol. The summed E-state index contributed by atoms with van der Waals surface area (Å²) in [6.07, 6.45) is -0.633. The molecule has 0 rings (SSSR count). The molecule has 13 heavy (non-hydrogen) atoms. The van der Waals surface area contributed by atoms with Crippen molar-refractivity contribution in [3.63, 3.8) is 0 Å². The van der Waals surface area contributed by atoms with Crippen LogP contribution < -0.4 is 5.32 Å². The van der Waals surface area contributed by atoms with Crippen molar-refractivity contribution in [2.24, 2.45) is 0 Å². The third-order valence-electron chi connectivity index (χ3n) is 1.50. The van der Waals surface area contributed by atoms with Crippen LogP contribution in [0.4, 0.5) is 0 Å². The van der Waals surface area contributed by atoms with Crippen LogP contribution in [0.5, 0.6) is 0 Å². The molecule has 0 aromatic heterocycles. The molecule has 2 N–H and O–H groups in total. The van der Waals surface area contributed by atoms with Crippen LogP contribution in [0, 0.1) is 0 Å². The van der Waals surface area contributed by atoms with Crippen molar-refractivity contribution in [1.29, 1.82) is 0 Å². The lowest BCUT2D eigenvalue weighted by atomic mass is 10.1. The fraction of sp³-hybridized carbons (Fsp3) is 0.889. The summed E-state index contributed by atoms with van der Waals surface area (Å²) in [4.78, 5) is 10.7. The molecule has 0 amide bonds. The fourth-order valence-electron chi connectivity index (χ4n) is 0.772. The molecule has 1 unspecified atom stereocenters. The SMILES string of the molecule is COC(=O)CC(O)CNC(C)(C)C. The maximum Gasteiger partial charge on any atom is 0.308 e. The molecule has 78 valence electrons. The van der Waals surface area contributed by atoms with E-state index in [0.717, 1.165) is 0 Å². The third kappa shape index (κ3) is 7.74. The molecule has 0 bridgehead atoms. The number of hydrogen-bond donors (Lipinski definition) is 2. The maximum atomic E-state index is 10.7. The van der Waals surface area contributed by atoms with Crippen LogP contribution in [0.15, 0.2) is 0 Å². The van der Waals surface area contributed by atoms with Crippen molar-refractivity contribution < 1.29 is 14.6 Å². The Hall–Kier alpha value is -0.610. The van der Waals surface area contributed by atoms with E-state index in [1.807, 2.05) is 20.8 Å². The highest BCUT2D eigenvalue weighted by Gasteiger charge is 2.14. The van der Waals surface area contributed by atoms with E-state index < -0.39 is 6.10 Å². The number of aliphatic hydroxyl groups excluding tert-OH is 1. The molecular weight excluding hydrogens is 170 g/mol. The third-order valence-corrected chi connectivity index (χ3v) is 1.50. The van der Waals surface area contributed by atoms with Gasteiger partial charge in [0.05, 0.1) is 19.6 Å². The quantitative estimate of drug-likeness (QED) is 0.624. The molecule has 4 nitrogen and oxygen atoms in total. The Kier molecular flexibility index (Phi) is 4.95. The van der Waals surface area contributed by atoms with Gasteiger partial charge >= 0.3 is 5.97 Å². The zero-order valence-electron chi connectivity index (χ0n) is 8.76. The van der Waals surface area contributed by atoms with E-state index in [-0.39, 0.29) is 17.9 Å². The molecule has 0 aliphatic rings. The summed E-state index contributed by atoms with van der Waals surface area (Å²) in [6.45, 7) is 6.40. The molecule has 0 spiro atoms. The van der Waals surface area contributed by atoms with Crippen LogP contribution in [-0.4, -0.2) is 36.4 Å². The largest absolute Gasteiger partial charge is 0.469 e. The molecule has 0 aliphatic heterocycles. The maximum absolute atomic E-state index is 10.7. The molecule has 0 aromatic rings. The highest BCUT2D eigenvalue weighted by molar-refractivity contribution is 5.69. The van der Waals surface area contributed by atoms with Crippen LogP contribution >= 0.6 is 0 Å². The minimum atomic E-state index is -0.674. The Morgan fingerprint density at radius 3 is 2.46 bits per heavy atom. The first-order chi connectivity index (χ1) is 5.85. The van der Waals surface area contributed by atoms with Gasteiger partial charge in [-0.05, 0) is 20.8 Å². The van der Waals surface area contributed by atoms with Gasteiger partial charge in [-0.1, -0.05) is 0 Å². The van der Waals surface area contributed by atoms with E-state index in [2.05, 4.69) is 10.1 Å². The number of carbonyl (C=O) groups excluding carboxylic acids is 1. The number of nitrogens with one attached hydrogen (secondary N) is 1. The lowest BCUT2D eigenvalue weighted by molar-refractivity contribution is -0.142. The molecule has 0 aromatic carbocycles. The van der Waals surface area contributed by atoms with Crippen LogP contribution in [0.3, 0.4) is 0 Å². The highest BCUT2D eigenvalue weighted by Crippen LogP contribution is 2.00. The number of carbonyl (C=O) groups is 1. The van der Waals surface area contributed by atoms with Crippen LogP contribution in [0.2, 0.25) is 0 Å². The second kappa shape index (κ2) is 5.19. The predicted molar refractivity (Wildman–Crippen MR) is 50.4 cm³/mol. The molecule has 0 fully saturated rings. The van der Waals surface area contributed by atoms with E-state index in [0.29, 0.717) is 6.54 Å². The zero-order chi connectivity index (χ0) is 10.5. The Labute approximate surface area is 79.3 Å². The van der Waals surface area contributed by atoms with Crippen LogP contribution in [0.1, 0.15) is 27.2 Å². The van der Waals surface area contributed by atoms with Crippen LogP contribution in [-0.2, 0) is 9.53 Å². The van der Waals surface area contributed by atoms with Gasteiger partial charge in [-0.15, -0.1) is 0 Å². The highest BCUT2D eigenvalue weighted by atomic mass is 16.5. The number of esters is 1. The molecule has 1 atom stereocenters. The Morgan fingerprint density at radius 1 is 1.54 bits per heavy atom. The summed E-state index contributed by atoms with van der Waals surface area (Å²) in [7, 11) is 1.31. The van der Waals surface area contributed by atoms with Gasteiger partial charge in [-0.2, -0.15) is 0 Å². The minimum absolute atomic E-state index is 0.0413. The van der Waals surface area contributed by atoms with Gasteiger partial charge in [0.2, 0.25) is 0 Å². The second-order valence-electron chi connectivity index (χ2n) is 4.06. The first kappa shape index (κ1) is 12.4. The summed E-state index contributed by atoms with van der Waals surface area (Å²) in [6, 6.07) is 0. The standard InChI is InChI=1S/C9H19NO3/c1-9(2,3)10-6-7(11)5-8(12)13-4/h7,10-11H,5-6H2,1-4H3. The Bertz CT molecular complexity index is 163. The fourth-order valence-corrected chi connectivity index (χ4v) is 0.772. The number of ether oxygens (including phenoxy) is 1. The summed E-state index contributed by atoms with van der Waals surface area (Å²) < 4.78 is 4.43. The molecule has 0 aliphatic carbocycles. The molecular formula is C9H19NO3. The van der Waals surface area contributed by atoms with Crippen molar-refractivity contribution in [2.75, 3.05) is 13.7 Å². The van der Waals surface area contributed by atoms with Gasteiger partial charge < -0.3 is 15.2 Å². The van der Waals surface area contributed by atoms with Crippen molar-refractivity contribution >= 4 is 5.97 Å². The lowest BCUT2D eigenvalue weighted by Crippen LogP contribution is -2.41. The normalized spacial score (nSPS) is 13.9. The Balaban J connectivity index is 3.63. The topological polar surface area (TPSA) is 58.6 Å². The summed E-state index contributed by atoms with van der Waals surface area (Å²) >= 11 is 0. The van der Waals surface area contributed by atoms with Gasteiger partial charge in [0.1, 0.15) is 0 Å². The summed E-state index contributed by atoms with van der Waals surface area (Å²) in [5.41, 5.74) is -0.0445. The van der Waals surface area contributed by atoms with Gasteiger partial charge in [0.15, 0.2) is 0 Å². The van der Waals surface area contributed by atoms with E-state index in [9.17, 15) is 9.90 Å². The molecule has 0 saturated heterocycles. The van der Waals surface area contributed by atoms with Crippen molar-refractivity contribution in [3.8, 4) is 0 Å². The number of rotatable bonds is 4. The molecule has 0 heterocycles. The smallest absolute Gasteiger partial charge is 0.308 e. The summed E-state index contributed by atoms with van der Waals surface area (Å²) in [5, 5.41) is 12.4. The number of hydrogen-bond acceptors (Lipinski definition) is 4. The average Bonchev–Trinajstić information content (AvgIpc) is 1.99. The van der Waals surface area contributed by atoms with Gasteiger partial charge in [0, 0.05) is 12.1 Å². The first-order valence-corrected chi connectivity index (χ1v) is 4.35. The van der Waals surface area contributed by atoms with Crippen molar-refractivity contribution in [3.05, 3.63) is 0 Å². The minimum Gasteiger partial charge on any atom is -0.469 e. The van der Waals surface area contributed by atoms with E-state index in [1.54, 1.807) is 0 Å². The summed E-state index contributed by atoms with van der Waals surface area (Å²) in [5.74, 6) is -0.386. The monoisotopic (exact) mass is 189 g/mol. The number of methoxy groups -OCH3 is 1. The van der Waals surface area contributed by atoms with Gasteiger partial charge in [-0.25, -0.2) is 0 Å². The van der Waals surface area contributed by atoms with E-state index in [4.69, 9.17) is 0 Å². The Morgan fingerprint density at radius 2 is 2.08 bits per heavy atom. The molecule has 4 heteroatoms. The lowest BCUT2D eigenvalue weighted by Gasteiger charge is -2.22. The van der Waals surface area contributed by atoms with Gasteiger partial charge in [-0.3, -0.25) is 4.79 Å². The predicted octanol–water partition coefficient (Wildman–Crippen LogP) is 0.298. The van der Waals surface area contributed by atoms with E-state index >= 15 is 0 Å². The van der Waals surface area contributed by atoms with Crippen molar-refractivity contribution in [1.82, 2.24) is 5.32 Å². The zero-order valence-corrected chi connectivity index (χ0v) is 8.76. The van der Waals surface area contributed by atoms with Crippen molar-refractivity contribution in [2.45, 2.75) is 38.8 Å². The number of aliphatic hydroxyl groups is 1. The molecule has 0 saturated carbocycles. The first-order valence-electron chi connectivity index (χ1n) is 4.35. The van der Waals surface area contributed by atoms with Gasteiger partial charge in [0.25, 0.3) is 0 Å². The van der Waals surface area contributed by atoms with E-state index in [1.165, 1.54) is 7.11 Å². The second-order valence-corrected chi connectivity index (χ2v) is 4.06. The van der Waals surface area contributed by atoms with Crippen LogP contribution in [0.25, 0.3) is 0 Å².